The van der Waals surface area contributed by atoms with Crippen LogP contribution in [0, 0.1) is 5.41 Å². The minimum atomic E-state index is -1.36. The van der Waals surface area contributed by atoms with Crippen molar-refractivity contribution in [3.8, 4) is 0 Å². The van der Waals surface area contributed by atoms with Crippen LogP contribution >= 0.6 is 11.8 Å². The van der Waals surface area contributed by atoms with Crippen LogP contribution in [-0.4, -0.2) is 60.7 Å². The lowest BCUT2D eigenvalue weighted by Crippen LogP contribution is -2.47. The van der Waals surface area contributed by atoms with Gasteiger partial charge in [0.25, 0.3) is 0 Å². The molecule has 0 aliphatic rings. The van der Waals surface area contributed by atoms with Crippen LogP contribution in [0.25, 0.3) is 0 Å². The highest BCUT2D eigenvalue weighted by atomic mass is 32.2. The minimum absolute atomic E-state index is 0.0722. The highest BCUT2D eigenvalue weighted by molar-refractivity contribution is 7.98. The van der Waals surface area contributed by atoms with Gasteiger partial charge in [-0.1, -0.05) is 121 Å². The van der Waals surface area contributed by atoms with Crippen molar-refractivity contribution in [2.75, 3.05) is 31.7 Å². The maximum atomic E-state index is 12.3. The highest BCUT2D eigenvalue weighted by Gasteiger charge is 2.34. The van der Waals surface area contributed by atoms with Crippen molar-refractivity contribution < 1.29 is 24.2 Å². The molecule has 264 valence electrons. The molecule has 0 aliphatic heterocycles. The van der Waals surface area contributed by atoms with Crippen LogP contribution in [0.2, 0.25) is 0 Å². The van der Waals surface area contributed by atoms with Crippen LogP contribution in [0.15, 0.2) is 60.8 Å². The normalized spacial score (nSPS) is 12.7. The summed E-state index contributed by atoms with van der Waals surface area (Å²) in [6.07, 6.45) is 34.3. The summed E-state index contributed by atoms with van der Waals surface area (Å²) in [4.78, 5) is 36.1. The lowest BCUT2D eigenvalue weighted by molar-refractivity contribution is -0.153. The molecule has 8 heteroatoms. The zero-order valence-corrected chi connectivity index (χ0v) is 30.7. The fraction of sp³-hybridized carbons (Fsp3) is 0.658. The van der Waals surface area contributed by atoms with E-state index in [1.54, 1.807) is 25.6 Å². The Bertz CT molecular complexity index is 905. The molecule has 2 amide bonds. The first-order valence-corrected chi connectivity index (χ1v) is 18.7. The van der Waals surface area contributed by atoms with Crippen molar-refractivity contribution in [1.29, 1.82) is 0 Å². The Morgan fingerprint density at radius 1 is 0.739 bits per heavy atom. The van der Waals surface area contributed by atoms with E-state index in [0.29, 0.717) is 13.0 Å². The maximum absolute atomic E-state index is 12.3. The van der Waals surface area contributed by atoms with Crippen molar-refractivity contribution in [3.05, 3.63) is 60.8 Å². The van der Waals surface area contributed by atoms with Gasteiger partial charge in [-0.2, -0.15) is 11.8 Å². The van der Waals surface area contributed by atoms with Crippen molar-refractivity contribution in [2.45, 2.75) is 124 Å². The van der Waals surface area contributed by atoms with Crippen LogP contribution in [0.1, 0.15) is 118 Å². The monoisotopic (exact) mass is 662 g/mol. The quantitative estimate of drug-likeness (QED) is 0.0488. The molecule has 0 saturated heterocycles. The van der Waals surface area contributed by atoms with Gasteiger partial charge in [0.2, 0.25) is 11.8 Å². The largest absolute Gasteiger partial charge is 0.465 e. The summed E-state index contributed by atoms with van der Waals surface area (Å²) in [5, 5.41) is 15.7. The second-order valence-electron chi connectivity index (χ2n) is 11.7. The molecular formula is C38H66N2O5S. The minimum Gasteiger partial charge on any atom is -0.465 e. The molecule has 0 saturated carbocycles. The van der Waals surface area contributed by atoms with Crippen LogP contribution < -0.4 is 10.6 Å². The predicted octanol–water partition coefficient (Wildman–Crippen LogP) is 8.41. The lowest BCUT2D eigenvalue weighted by atomic mass is 9.87. The van der Waals surface area contributed by atoms with Crippen molar-refractivity contribution >= 4 is 29.5 Å². The van der Waals surface area contributed by atoms with Crippen LogP contribution in [-0.2, 0) is 19.1 Å². The standard InChI is InChI=1S/C32H52N2O5S.C6H14/c1-5-6-7-8-9-10-11-12-13-14-15-16-17-18-19-20-21-22-29(36)39-27-32(2,3)30(37)31(38)34-24-23-28(35)33-25-26-40-4;1-3-5-6-4-2/h6-7,9-10,12-13,15-16,18-19,30,37H,5,8,11,14,17,20-27H2,1-4H3,(H,33,35)(H,34,38);3-6H2,1-2H3/b7-6-,10-9-,13-12-,16-15-,19-18-;/t30-;/m0./s1. The van der Waals surface area contributed by atoms with Crippen molar-refractivity contribution in [3.63, 3.8) is 0 Å². The van der Waals surface area contributed by atoms with Gasteiger partial charge in [-0.15, -0.1) is 0 Å². The summed E-state index contributed by atoms with van der Waals surface area (Å²) < 4.78 is 5.31. The van der Waals surface area contributed by atoms with Gasteiger partial charge >= 0.3 is 5.97 Å². The maximum Gasteiger partial charge on any atom is 0.305 e. The molecule has 0 unspecified atom stereocenters. The molecule has 1 atom stereocenters. The first-order valence-electron chi connectivity index (χ1n) is 17.3. The molecule has 0 aliphatic carbocycles. The number of unbranched alkanes of at least 4 members (excludes halogenated alkanes) is 4. The molecule has 7 nitrogen and oxygen atoms in total. The second-order valence-corrected chi connectivity index (χ2v) is 12.7. The van der Waals surface area contributed by atoms with E-state index < -0.39 is 17.4 Å². The number of hydrogen-bond donors (Lipinski definition) is 3. The molecule has 0 rings (SSSR count). The van der Waals surface area contributed by atoms with E-state index in [2.05, 4.69) is 92.2 Å². The Balaban J connectivity index is 0. The van der Waals surface area contributed by atoms with Crippen LogP contribution in [0.3, 0.4) is 0 Å². The van der Waals surface area contributed by atoms with Crippen LogP contribution in [0.4, 0.5) is 0 Å². The lowest BCUT2D eigenvalue weighted by Gasteiger charge is -2.29. The summed E-state index contributed by atoms with van der Waals surface area (Å²) >= 11 is 1.64. The fourth-order valence-corrected chi connectivity index (χ4v) is 4.09. The molecule has 0 aromatic heterocycles. The van der Waals surface area contributed by atoms with Crippen molar-refractivity contribution in [1.82, 2.24) is 10.6 Å². The van der Waals surface area contributed by atoms with E-state index >= 15 is 0 Å². The number of aliphatic hydroxyl groups excluding tert-OH is 1. The average molecular weight is 663 g/mol. The van der Waals surface area contributed by atoms with E-state index in [4.69, 9.17) is 4.74 Å². The fourth-order valence-electron chi connectivity index (χ4n) is 3.78. The number of thioether (sulfide) groups is 1. The number of rotatable bonds is 26. The number of ether oxygens (including phenoxy) is 1. The van der Waals surface area contributed by atoms with E-state index in [1.165, 1.54) is 25.7 Å². The Hall–Kier alpha value is -2.58. The Morgan fingerprint density at radius 2 is 1.26 bits per heavy atom. The first kappa shape index (κ1) is 45.5. The van der Waals surface area contributed by atoms with E-state index in [9.17, 15) is 19.5 Å². The summed E-state index contributed by atoms with van der Waals surface area (Å²) in [5.74, 6) is -0.263. The molecule has 0 bridgehead atoms. The number of hydrogen-bond acceptors (Lipinski definition) is 6. The number of carbonyl (C=O) groups is 3. The molecule has 0 radical (unpaired) electrons. The third-order valence-electron chi connectivity index (χ3n) is 6.74. The smallest absolute Gasteiger partial charge is 0.305 e. The SMILES string of the molecule is CC/C=C\C/C=C\C/C=C\C/C=C\C/C=C\CCCC(=O)OCC(C)(C)[C@@H](O)C(=O)NCCC(=O)NCCSC.CCCCCC. The van der Waals surface area contributed by atoms with E-state index in [0.717, 1.165) is 44.3 Å². The molecule has 0 aromatic rings. The third-order valence-corrected chi connectivity index (χ3v) is 7.35. The number of esters is 1. The zero-order chi connectivity index (χ0) is 34.7. The zero-order valence-electron chi connectivity index (χ0n) is 29.9. The molecule has 0 aromatic carbocycles. The highest BCUT2D eigenvalue weighted by Crippen LogP contribution is 2.22. The van der Waals surface area contributed by atoms with E-state index in [-0.39, 0.29) is 37.9 Å². The second kappa shape index (κ2) is 33.8. The molecule has 0 spiro atoms. The summed E-state index contributed by atoms with van der Waals surface area (Å²) in [6.45, 7) is 10.6. The van der Waals surface area contributed by atoms with Gasteiger partial charge in [0.1, 0.15) is 6.10 Å². The Labute approximate surface area is 285 Å². The van der Waals surface area contributed by atoms with Gasteiger partial charge in [0.05, 0.1) is 6.61 Å². The van der Waals surface area contributed by atoms with Gasteiger partial charge in [-0.3, -0.25) is 14.4 Å². The van der Waals surface area contributed by atoms with Gasteiger partial charge in [-0.05, 0) is 51.2 Å². The van der Waals surface area contributed by atoms with Gasteiger partial charge in [0, 0.05) is 37.1 Å². The molecule has 46 heavy (non-hydrogen) atoms. The average Bonchev–Trinajstić information content (AvgIpc) is 3.04. The number of aliphatic hydroxyl groups is 1. The Kier molecular flexibility index (Phi) is 33.4. The molecule has 3 N–H and O–H groups in total. The molecular weight excluding hydrogens is 596 g/mol. The van der Waals surface area contributed by atoms with Gasteiger partial charge in [-0.25, -0.2) is 0 Å². The number of amides is 2. The van der Waals surface area contributed by atoms with E-state index in [1.807, 2.05) is 6.26 Å². The predicted molar refractivity (Wildman–Crippen MR) is 198 cm³/mol. The van der Waals surface area contributed by atoms with Gasteiger partial charge in [0.15, 0.2) is 0 Å². The molecule has 0 heterocycles. The number of allylic oxidation sites excluding steroid dienone is 10. The Morgan fingerprint density at radius 3 is 1.76 bits per heavy atom. The number of nitrogens with one attached hydrogen (secondary N) is 2. The third kappa shape index (κ3) is 31.4. The number of carbonyl (C=O) groups excluding carboxylic acids is 3. The summed E-state index contributed by atoms with van der Waals surface area (Å²) in [7, 11) is 0. The van der Waals surface area contributed by atoms with Crippen molar-refractivity contribution in [2.24, 2.45) is 5.41 Å². The van der Waals surface area contributed by atoms with Gasteiger partial charge < -0.3 is 20.5 Å². The topological polar surface area (TPSA) is 105 Å². The summed E-state index contributed by atoms with van der Waals surface area (Å²) in [6, 6.07) is 0. The first-order chi connectivity index (χ1) is 22.2. The van der Waals surface area contributed by atoms with Crippen LogP contribution in [0.5, 0.6) is 0 Å². The molecule has 0 fully saturated rings. The summed E-state index contributed by atoms with van der Waals surface area (Å²) in [5.41, 5.74) is -0.954.